The van der Waals surface area contributed by atoms with Crippen molar-refractivity contribution < 1.29 is 0 Å². The van der Waals surface area contributed by atoms with Crippen molar-refractivity contribution in [2.75, 3.05) is 20.1 Å². The van der Waals surface area contributed by atoms with Crippen molar-refractivity contribution in [3.05, 3.63) is 0 Å². The molecule has 3 heteroatoms. The van der Waals surface area contributed by atoms with E-state index in [-0.39, 0.29) is 0 Å². The molecule has 0 aliphatic rings. The minimum absolute atomic E-state index is 1.15. The molecule has 0 amide bonds. The molecule has 0 aliphatic heterocycles. The molecule has 0 bridgehead atoms. The summed E-state index contributed by atoms with van der Waals surface area (Å²) in [5, 5.41) is 3.14. The maximum atomic E-state index is 3.14. The number of hydrogen-bond donors (Lipinski definition) is 2. The van der Waals surface area contributed by atoms with E-state index in [0.717, 1.165) is 13.1 Å². The van der Waals surface area contributed by atoms with E-state index in [2.05, 4.69) is 31.7 Å². The van der Waals surface area contributed by atoms with Gasteiger partial charge in [-0.1, -0.05) is 12.8 Å². The fraction of sp³-hybridized carbons (Fsp3) is 1.00. The van der Waals surface area contributed by atoms with Crippen molar-refractivity contribution in [1.82, 2.24) is 8.85 Å². The Kier molecular flexibility index (Phi) is 10.3. The summed E-state index contributed by atoms with van der Waals surface area (Å²) in [5.74, 6) is 0. The molecule has 62 valence electrons. The highest BCUT2D eigenvalue weighted by Gasteiger charge is 1.87. The lowest BCUT2D eigenvalue weighted by molar-refractivity contribution is 0.617. The van der Waals surface area contributed by atoms with Crippen molar-refractivity contribution in [3.8, 4) is 0 Å². The van der Waals surface area contributed by atoms with Gasteiger partial charge >= 0.3 is 0 Å². The number of nitrogens with one attached hydrogen (secondary N) is 2. The first-order valence-electron chi connectivity index (χ1n) is 3.90. The molecule has 0 aliphatic carbocycles. The maximum absolute atomic E-state index is 3.14. The highest BCUT2D eigenvalue weighted by molar-refractivity contribution is 14.1. The van der Waals surface area contributed by atoms with Crippen LogP contribution in [0.3, 0.4) is 0 Å². The van der Waals surface area contributed by atoms with Crippen LogP contribution in [0, 0.1) is 0 Å². The zero-order valence-electron chi connectivity index (χ0n) is 6.62. The molecule has 0 saturated heterocycles. The molecule has 0 radical (unpaired) electrons. The SMILES string of the molecule is CNCCCCCCNI. The Morgan fingerprint density at radius 1 is 1.00 bits per heavy atom. The van der Waals surface area contributed by atoms with Gasteiger partial charge in [-0.2, -0.15) is 0 Å². The van der Waals surface area contributed by atoms with Gasteiger partial charge in [-0.15, -0.1) is 0 Å². The molecule has 2 nitrogen and oxygen atoms in total. The van der Waals surface area contributed by atoms with Gasteiger partial charge in [-0.3, -0.25) is 3.53 Å². The summed E-state index contributed by atoms with van der Waals surface area (Å²) < 4.78 is 3.11. The minimum Gasteiger partial charge on any atom is -0.320 e. The van der Waals surface area contributed by atoms with Crippen LogP contribution in [-0.2, 0) is 0 Å². The number of hydrogen-bond acceptors (Lipinski definition) is 2. The van der Waals surface area contributed by atoms with E-state index in [1.165, 1.54) is 25.7 Å². The van der Waals surface area contributed by atoms with Crippen LogP contribution >= 0.6 is 22.9 Å². The largest absolute Gasteiger partial charge is 0.320 e. The van der Waals surface area contributed by atoms with Crippen molar-refractivity contribution >= 4 is 22.9 Å². The fourth-order valence-corrected chi connectivity index (χ4v) is 1.23. The predicted molar refractivity (Wildman–Crippen MR) is 54.4 cm³/mol. The third-order valence-electron chi connectivity index (χ3n) is 1.45. The van der Waals surface area contributed by atoms with Gasteiger partial charge in [0, 0.05) is 29.4 Å². The van der Waals surface area contributed by atoms with E-state index in [9.17, 15) is 0 Å². The van der Waals surface area contributed by atoms with Crippen LogP contribution in [0.5, 0.6) is 0 Å². The second-order valence-corrected chi connectivity index (χ2v) is 3.16. The van der Waals surface area contributed by atoms with Crippen molar-refractivity contribution in [2.24, 2.45) is 0 Å². The highest BCUT2D eigenvalue weighted by atomic mass is 127. The number of unbranched alkanes of at least 4 members (excludes halogenated alkanes) is 3. The zero-order chi connectivity index (χ0) is 7.66. The van der Waals surface area contributed by atoms with Crippen LogP contribution in [0.15, 0.2) is 0 Å². The summed E-state index contributed by atoms with van der Waals surface area (Å²) in [4.78, 5) is 0. The van der Waals surface area contributed by atoms with Gasteiger partial charge in [0.05, 0.1) is 0 Å². The second-order valence-electron chi connectivity index (χ2n) is 2.40. The van der Waals surface area contributed by atoms with E-state index in [1.807, 2.05) is 7.05 Å². The Bertz CT molecular complexity index is 51.6. The van der Waals surface area contributed by atoms with Crippen LogP contribution in [0.25, 0.3) is 0 Å². The summed E-state index contributed by atoms with van der Waals surface area (Å²) in [7, 11) is 2.01. The Labute approximate surface area is 77.6 Å². The molecule has 0 aromatic rings. The summed E-state index contributed by atoms with van der Waals surface area (Å²) in [5.41, 5.74) is 0. The first-order chi connectivity index (χ1) is 4.91. The van der Waals surface area contributed by atoms with E-state index in [0.29, 0.717) is 0 Å². The van der Waals surface area contributed by atoms with Crippen molar-refractivity contribution in [3.63, 3.8) is 0 Å². The lowest BCUT2D eigenvalue weighted by Crippen LogP contribution is -2.07. The van der Waals surface area contributed by atoms with E-state index < -0.39 is 0 Å². The average molecular weight is 256 g/mol. The number of halogens is 1. The second kappa shape index (κ2) is 9.65. The van der Waals surface area contributed by atoms with Crippen LogP contribution in [0.2, 0.25) is 0 Å². The van der Waals surface area contributed by atoms with Crippen molar-refractivity contribution in [2.45, 2.75) is 25.7 Å². The van der Waals surface area contributed by atoms with Crippen LogP contribution in [-0.4, -0.2) is 20.1 Å². The molecular weight excluding hydrogens is 239 g/mol. The van der Waals surface area contributed by atoms with Crippen LogP contribution < -0.4 is 8.85 Å². The molecule has 0 aromatic heterocycles. The summed E-state index contributed by atoms with van der Waals surface area (Å²) in [6, 6.07) is 0. The molecule has 0 unspecified atom stereocenters. The normalized spacial score (nSPS) is 10.2. The lowest BCUT2D eigenvalue weighted by Gasteiger charge is -1.98. The Balaban J connectivity index is 2.65. The van der Waals surface area contributed by atoms with Crippen molar-refractivity contribution in [1.29, 1.82) is 0 Å². The quantitative estimate of drug-likeness (QED) is 0.411. The third-order valence-corrected chi connectivity index (χ3v) is 1.99. The van der Waals surface area contributed by atoms with Gasteiger partial charge in [-0.05, 0) is 26.4 Å². The van der Waals surface area contributed by atoms with E-state index >= 15 is 0 Å². The van der Waals surface area contributed by atoms with Gasteiger partial charge in [-0.25, -0.2) is 0 Å². The van der Waals surface area contributed by atoms with Gasteiger partial charge < -0.3 is 5.32 Å². The summed E-state index contributed by atoms with van der Waals surface area (Å²) in [6.45, 7) is 2.32. The van der Waals surface area contributed by atoms with E-state index in [1.54, 1.807) is 0 Å². The smallest absolute Gasteiger partial charge is 0.0169 e. The highest BCUT2D eigenvalue weighted by Crippen LogP contribution is 1.97. The first-order valence-corrected chi connectivity index (χ1v) is 4.97. The monoisotopic (exact) mass is 256 g/mol. The molecule has 2 N–H and O–H groups in total. The number of rotatable bonds is 7. The molecule has 0 aromatic carbocycles. The first kappa shape index (κ1) is 10.7. The Hall–Kier alpha value is 0.650. The van der Waals surface area contributed by atoms with Crippen LogP contribution in [0.1, 0.15) is 25.7 Å². The van der Waals surface area contributed by atoms with Gasteiger partial charge in [0.25, 0.3) is 0 Å². The van der Waals surface area contributed by atoms with E-state index in [4.69, 9.17) is 0 Å². The molecule has 0 fully saturated rings. The molecule has 0 saturated carbocycles. The average Bonchev–Trinajstić information content (AvgIpc) is 1.97. The van der Waals surface area contributed by atoms with Gasteiger partial charge in [0.1, 0.15) is 0 Å². The standard InChI is InChI=1S/C7H17IN2/c1-9-6-4-2-3-5-7-10-8/h9-10H,2-7H2,1H3. The summed E-state index contributed by atoms with van der Waals surface area (Å²) >= 11 is 2.19. The van der Waals surface area contributed by atoms with Crippen LogP contribution in [0.4, 0.5) is 0 Å². The molecule has 0 heterocycles. The topological polar surface area (TPSA) is 24.1 Å². The molecule has 0 rings (SSSR count). The fourth-order valence-electron chi connectivity index (χ4n) is 0.847. The zero-order valence-corrected chi connectivity index (χ0v) is 8.78. The molecule has 0 atom stereocenters. The summed E-state index contributed by atoms with van der Waals surface area (Å²) in [6.07, 6.45) is 5.35. The van der Waals surface area contributed by atoms with Gasteiger partial charge in [0.15, 0.2) is 0 Å². The minimum atomic E-state index is 1.15. The Morgan fingerprint density at radius 2 is 1.60 bits per heavy atom. The predicted octanol–water partition coefficient (Wildman–Crippen LogP) is 1.71. The molecule has 10 heavy (non-hydrogen) atoms. The maximum Gasteiger partial charge on any atom is 0.0169 e. The lowest BCUT2D eigenvalue weighted by atomic mass is 10.2. The molecular formula is C7H17IN2. The third kappa shape index (κ3) is 8.65. The molecule has 0 spiro atoms. The Morgan fingerprint density at radius 3 is 2.10 bits per heavy atom. The van der Waals surface area contributed by atoms with Gasteiger partial charge in [0.2, 0.25) is 0 Å².